The maximum Gasteiger partial charge on any atom is 0.407 e. The molecule has 1 fully saturated rings. The first-order valence-electron chi connectivity index (χ1n) is 7.35. The van der Waals surface area contributed by atoms with Crippen molar-refractivity contribution in [2.75, 3.05) is 46.4 Å². The molecule has 5 heteroatoms. The number of likely N-dealkylation sites (tertiary alicyclic amines) is 1. The molecule has 1 amide bonds. The van der Waals surface area contributed by atoms with Gasteiger partial charge in [0.1, 0.15) is 0 Å². The Hall–Kier alpha value is -1.25. The molecular weight excluding hydrogens is 256 g/mol. The van der Waals surface area contributed by atoms with Gasteiger partial charge in [0, 0.05) is 45.6 Å². The van der Waals surface area contributed by atoms with E-state index in [1.165, 1.54) is 4.90 Å². The third-order valence-electron chi connectivity index (χ3n) is 3.68. The van der Waals surface area contributed by atoms with Gasteiger partial charge in [0.2, 0.25) is 0 Å². The van der Waals surface area contributed by atoms with Crippen molar-refractivity contribution in [3.8, 4) is 11.8 Å². The average Bonchev–Trinajstić information content (AvgIpc) is 2.47. The Kier molecular flexibility index (Phi) is 8.08. The normalized spacial score (nSPS) is 16.1. The Balaban J connectivity index is 2.21. The molecule has 0 bridgehead atoms. The van der Waals surface area contributed by atoms with Crippen LogP contribution >= 0.6 is 0 Å². The zero-order chi connectivity index (χ0) is 14.8. The minimum atomic E-state index is -0.812. The Morgan fingerprint density at radius 3 is 2.65 bits per heavy atom. The van der Waals surface area contributed by atoms with Crippen LogP contribution in [0.4, 0.5) is 4.79 Å². The van der Waals surface area contributed by atoms with Crippen molar-refractivity contribution in [2.45, 2.75) is 26.2 Å². The lowest BCUT2D eigenvalue weighted by atomic mass is 9.97. The molecule has 1 aliphatic rings. The fourth-order valence-corrected chi connectivity index (χ4v) is 2.29. The van der Waals surface area contributed by atoms with Crippen LogP contribution in [0.5, 0.6) is 0 Å². The summed E-state index contributed by atoms with van der Waals surface area (Å²) in [4.78, 5) is 14.6. The first-order chi connectivity index (χ1) is 9.67. The van der Waals surface area contributed by atoms with Gasteiger partial charge in [0.25, 0.3) is 0 Å². The number of methoxy groups -OCH3 is 1. The number of ether oxygens (including phenoxy) is 1. The van der Waals surface area contributed by atoms with Gasteiger partial charge in [-0.2, -0.15) is 0 Å². The second-order valence-corrected chi connectivity index (χ2v) is 5.04. The number of amides is 1. The van der Waals surface area contributed by atoms with Crippen LogP contribution in [0.25, 0.3) is 0 Å². The van der Waals surface area contributed by atoms with Crippen molar-refractivity contribution in [1.82, 2.24) is 9.80 Å². The van der Waals surface area contributed by atoms with Crippen LogP contribution in [-0.2, 0) is 4.74 Å². The Morgan fingerprint density at radius 1 is 1.40 bits per heavy atom. The van der Waals surface area contributed by atoms with Crippen LogP contribution in [0.2, 0.25) is 0 Å². The number of carboxylic acid groups (broad SMARTS) is 1. The van der Waals surface area contributed by atoms with E-state index in [9.17, 15) is 4.79 Å². The topological polar surface area (TPSA) is 53.0 Å². The molecule has 0 radical (unpaired) electrons. The van der Waals surface area contributed by atoms with Gasteiger partial charge < -0.3 is 19.6 Å². The van der Waals surface area contributed by atoms with E-state index < -0.39 is 6.09 Å². The number of hydrogen-bond donors (Lipinski definition) is 1. The number of carbonyl (C=O) groups is 1. The monoisotopic (exact) mass is 282 g/mol. The second-order valence-electron chi connectivity index (χ2n) is 5.04. The van der Waals surface area contributed by atoms with Gasteiger partial charge in [-0.3, -0.25) is 0 Å². The van der Waals surface area contributed by atoms with Crippen molar-refractivity contribution in [1.29, 1.82) is 0 Å². The number of nitrogens with zero attached hydrogens (tertiary/aromatic N) is 2. The zero-order valence-corrected chi connectivity index (χ0v) is 12.6. The van der Waals surface area contributed by atoms with Crippen molar-refractivity contribution in [2.24, 2.45) is 5.92 Å². The molecule has 0 aromatic rings. The van der Waals surface area contributed by atoms with Gasteiger partial charge in [0.05, 0.1) is 6.61 Å². The minimum absolute atomic E-state index is 0.361. The average molecular weight is 282 g/mol. The van der Waals surface area contributed by atoms with E-state index in [4.69, 9.17) is 9.84 Å². The van der Waals surface area contributed by atoms with Gasteiger partial charge in [-0.15, -0.1) is 5.92 Å². The quantitative estimate of drug-likeness (QED) is 0.754. The Morgan fingerprint density at radius 2 is 2.10 bits per heavy atom. The molecule has 114 valence electrons. The van der Waals surface area contributed by atoms with E-state index >= 15 is 0 Å². The molecule has 0 spiro atoms. The van der Waals surface area contributed by atoms with Gasteiger partial charge in [-0.05, 0) is 19.4 Å². The van der Waals surface area contributed by atoms with Crippen LogP contribution in [0.1, 0.15) is 26.2 Å². The van der Waals surface area contributed by atoms with E-state index in [0.29, 0.717) is 19.0 Å². The first kappa shape index (κ1) is 16.8. The molecule has 0 unspecified atom stereocenters. The molecule has 0 aromatic heterocycles. The van der Waals surface area contributed by atoms with Crippen LogP contribution < -0.4 is 0 Å². The molecule has 20 heavy (non-hydrogen) atoms. The van der Waals surface area contributed by atoms with Gasteiger partial charge >= 0.3 is 6.09 Å². The number of hydrogen-bond acceptors (Lipinski definition) is 3. The maximum absolute atomic E-state index is 10.8. The lowest BCUT2D eigenvalue weighted by Gasteiger charge is -2.27. The lowest BCUT2D eigenvalue weighted by molar-refractivity contribution is 0.130. The molecule has 1 N–H and O–H groups in total. The summed E-state index contributed by atoms with van der Waals surface area (Å²) in [6.45, 7) is 7.07. The highest BCUT2D eigenvalue weighted by molar-refractivity contribution is 5.65. The summed E-state index contributed by atoms with van der Waals surface area (Å²) in [6, 6.07) is 0. The lowest BCUT2D eigenvalue weighted by Crippen LogP contribution is -2.37. The standard InChI is InChI=1S/C15H26N2O3/c1-3-16(12-13-20-2)9-5-4-6-14-7-10-17(11-8-14)15(18)19/h14H,3,5,7-13H2,1-2H3,(H,18,19). The van der Waals surface area contributed by atoms with Crippen molar-refractivity contribution in [3.63, 3.8) is 0 Å². The predicted molar refractivity (Wildman–Crippen MR) is 78.7 cm³/mol. The van der Waals surface area contributed by atoms with E-state index in [1.54, 1.807) is 7.11 Å². The smallest absolute Gasteiger partial charge is 0.407 e. The maximum atomic E-state index is 10.8. The number of piperidine rings is 1. The third kappa shape index (κ3) is 6.27. The SMILES string of the molecule is CCN(CCC#CC1CCN(C(=O)O)CC1)CCOC. The minimum Gasteiger partial charge on any atom is -0.465 e. The molecule has 0 atom stereocenters. The number of likely N-dealkylation sites (N-methyl/N-ethyl adjacent to an activating group) is 1. The van der Waals surface area contributed by atoms with Crippen molar-refractivity contribution < 1.29 is 14.6 Å². The van der Waals surface area contributed by atoms with Gasteiger partial charge in [0.15, 0.2) is 0 Å². The molecule has 0 aromatic carbocycles. The van der Waals surface area contributed by atoms with Gasteiger partial charge in [-0.25, -0.2) is 4.79 Å². The molecule has 5 nitrogen and oxygen atoms in total. The molecular formula is C15H26N2O3. The molecule has 0 saturated carbocycles. The van der Waals surface area contributed by atoms with Crippen molar-refractivity contribution in [3.05, 3.63) is 0 Å². The summed E-state index contributed by atoms with van der Waals surface area (Å²) in [5, 5.41) is 8.87. The summed E-state index contributed by atoms with van der Waals surface area (Å²) >= 11 is 0. The molecule has 0 aliphatic carbocycles. The van der Waals surface area contributed by atoms with E-state index in [-0.39, 0.29) is 0 Å². The van der Waals surface area contributed by atoms with E-state index in [2.05, 4.69) is 23.7 Å². The first-order valence-corrected chi connectivity index (χ1v) is 7.35. The second kappa shape index (κ2) is 9.62. The fraction of sp³-hybridized carbons (Fsp3) is 0.800. The number of rotatable bonds is 6. The van der Waals surface area contributed by atoms with Crippen LogP contribution in [-0.4, -0.2) is 67.4 Å². The summed E-state index contributed by atoms with van der Waals surface area (Å²) in [7, 11) is 1.72. The molecule has 1 heterocycles. The fourth-order valence-electron chi connectivity index (χ4n) is 2.29. The van der Waals surface area contributed by atoms with Crippen LogP contribution in [0.3, 0.4) is 0 Å². The van der Waals surface area contributed by atoms with E-state index in [0.717, 1.165) is 45.5 Å². The summed E-state index contributed by atoms with van der Waals surface area (Å²) < 4.78 is 5.07. The zero-order valence-electron chi connectivity index (χ0n) is 12.6. The molecule has 1 rings (SSSR count). The van der Waals surface area contributed by atoms with Crippen LogP contribution in [0, 0.1) is 17.8 Å². The molecule has 1 aliphatic heterocycles. The predicted octanol–water partition coefficient (Wildman–Crippen LogP) is 1.74. The van der Waals surface area contributed by atoms with E-state index in [1.807, 2.05) is 0 Å². The highest BCUT2D eigenvalue weighted by Crippen LogP contribution is 2.16. The van der Waals surface area contributed by atoms with Crippen molar-refractivity contribution >= 4 is 6.09 Å². The summed E-state index contributed by atoms with van der Waals surface area (Å²) in [6.07, 6.45) is 1.78. The van der Waals surface area contributed by atoms with Gasteiger partial charge in [-0.1, -0.05) is 12.8 Å². The third-order valence-corrected chi connectivity index (χ3v) is 3.68. The highest BCUT2D eigenvalue weighted by Gasteiger charge is 2.20. The summed E-state index contributed by atoms with van der Waals surface area (Å²) in [5.41, 5.74) is 0. The Labute approximate surface area is 121 Å². The van der Waals surface area contributed by atoms with Crippen LogP contribution in [0.15, 0.2) is 0 Å². The Bertz CT molecular complexity index is 341. The summed E-state index contributed by atoms with van der Waals surface area (Å²) in [5.74, 6) is 6.89. The highest BCUT2D eigenvalue weighted by atomic mass is 16.5. The largest absolute Gasteiger partial charge is 0.465 e. The molecule has 1 saturated heterocycles.